The maximum absolute atomic E-state index is 12.3. The van der Waals surface area contributed by atoms with Crippen molar-refractivity contribution in [2.75, 3.05) is 33.3 Å². The van der Waals surface area contributed by atoms with Crippen molar-refractivity contribution in [3.8, 4) is 16.9 Å². The Bertz CT molecular complexity index is 749. The third kappa shape index (κ3) is 4.51. The molecule has 1 aliphatic heterocycles. The fourth-order valence-electron chi connectivity index (χ4n) is 2.80. The maximum Gasteiger partial charge on any atom is 0.251 e. The Kier molecular flexibility index (Phi) is 5.58. The van der Waals surface area contributed by atoms with Gasteiger partial charge in [-0.25, -0.2) is 0 Å². The second-order valence-corrected chi connectivity index (χ2v) is 6.62. The van der Waals surface area contributed by atoms with Crippen LogP contribution in [0.25, 0.3) is 11.1 Å². The summed E-state index contributed by atoms with van der Waals surface area (Å²) in [7, 11) is 2.05. The number of amides is 1. The number of likely N-dealkylation sites (N-methyl/N-ethyl adjacent to an activating group) is 1. The molecule has 3 rings (SSSR count). The largest absolute Gasteiger partial charge is 0.506 e. The SMILES string of the molecule is CN1CCO[C@@H](CNC(=O)c2ccc(-c3ccc(O)c(Cl)c3)cc2)C1. The Morgan fingerprint density at radius 3 is 2.68 bits per heavy atom. The van der Waals surface area contributed by atoms with Gasteiger partial charge in [0.25, 0.3) is 5.91 Å². The van der Waals surface area contributed by atoms with Crippen molar-refractivity contribution in [1.82, 2.24) is 10.2 Å². The number of hydrogen-bond acceptors (Lipinski definition) is 4. The van der Waals surface area contributed by atoms with Crippen LogP contribution in [0, 0.1) is 0 Å². The van der Waals surface area contributed by atoms with Gasteiger partial charge in [-0.05, 0) is 42.4 Å². The molecule has 0 spiro atoms. The van der Waals surface area contributed by atoms with Gasteiger partial charge in [-0.15, -0.1) is 0 Å². The number of aromatic hydroxyl groups is 1. The predicted molar refractivity (Wildman–Crippen MR) is 98.1 cm³/mol. The highest BCUT2D eigenvalue weighted by atomic mass is 35.5. The summed E-state index contributed by atoms with van der Waals surface area (Å²) in [6, 6.07) is 12.3. The van der Waals surface area contributed by atoms with Crippen molar-refractivity contribution >= 4 is 17.5 Å². The van der Waals surface area contributed by atoms with Crippen molar-refractivity contribution in [2.45, 2.75) is 6.10 Å². The number of rotatable bonds is 4. The standard InChI is InChI=1S/C19H21ClN2O3/c1-22-8-9-25-16(12-22)11-21-19(24)14-4-2-13(3-5-14)15-6-7-18(23)17(20)10-15/h2-7,10,16,23H,8-9,11-12H2,1H3,(H,21,24)/t16-/m0/s1. The number of nitrogens with zero attached hydrogens (tertiary/aromatic N) is 1. The van der Waals surface area contributed by atoms with Gasteiger partial charge >= 0.3 is 0 Å². The number of hydrogen-bond donors (Lipinski definition) is 2. The number of benzene rings is 2. The molecule has 2 aromatic rings. The first kappa shape index (κ1) is 17.7. The summed E-state index contributed by atoms with van der Waals surface area (Å²) in [5.74, 6) is -0.0656. The van der Waals surface area contributed by atoms with Gasteiger partial charge in [0.2, 0.25) is 0 Å². The topological polar surface area (TPSA) is 61.8 Å². The lowest BCUT2D eigenvalue weighted by atomic mass is 10.0. The molecule has 0 saturated carbocycles. The molecule has 2 aromatic carbocycles. The zero-order chi connectivity index (χ0) is 17.8. The van der Waals surface area contributed by atoms with Gasteiger partial charge in [0.1, 0.15) is 5.75 Å². The first-order chi connectivity index (χ1) is 12.0. The Labute approximate surface area is 152 Å². The molecule has 1 amide bonds. The minimum Gasteiger partial charge on any atom is -0.506 e. The number of carbonyl (C=O) groups is 1. The van der Waals surface area contributed by atoms with Crippen molar-refractivity contribution in [2.24, 2.45) is 0 Å². The van der Waals surface area contributed by atoms with Gasteiger partial charge in [0.05, 0.1) is 17.7 Å². The molecule has 25 heavy (non-hydrogen) atoms. The highest BCUT2D eigenvalue weighted by molar-refractivity contribution is 6.32. The monoisotopic (exact) mass is 360 g/mol. The predicted octanol–water partition coefficient (Wildman–Crippen LogP) is 2.77. The quantitative estimate of drug-likeness (QED) is 0.880. The van der Waals surface area contributed by atoms with Crippen LogP contribution >= 0.6 is 11.6 Å². The highest BCUT2D eigenvalue weighted by Gasteiger charge is 2.18. The van der Waals surface area contributed by atoms with Gasteiger partial charge in [-0.2, -0.15) is 0 Å². The average molecular weight is 361 g/mol. The summed E-state index contributed by atoms with van der Waals surface area (Å²) in [5, 5.41) is 12.7. The molecule has 5 nitrogen and oxygen atoms in total. The van der Waals surface area contributed by atoms with E-state index in [1.165, 1.54) is 0 Å². The maximum atomic E-state index is 12.3. The van der Waals surface area contributed by atoms with Crippen LogP contribution in [-0.4, -0.2) is 55.3 Å². The third-order valence-corrected chi connectivity index (χ3v) is 4.56. The van der Waals surface area contributed by atoms with E-state index in [1.54, 1.807) is 30.3 Å². The molecule has 0 radical (unpaired) electrons. The normalized spacial score (nSPS) is 18.1. The third-order valence-electron chi connectivity index (χ3n) is 4.26. The summed E-state index contributed by atoms with van der Waals surface area (Å²) in [6.07, 6.45) is 0.0288. The van der Waals surface area contributed by atoms with Crippen LogP contribution in [0.3, 0.4) is 0 Å². The minimum atomic E-state index is -0.118. The summed E-state index contributed by atoms with van der Waals surface area (Å²) < 4.78 is 5.64. The molecule has 2 N–H and O–H groups in total. The van der Waals surface area contributed by atoms with Crippen LogP contribution in [0.15, 0.2) is 42.5 Å². The van der Waals surface area contributed by atoms with Crippen molar-refractivity contribution in [3.05, 3.63) is 53.1 Å². The second kappa shape index (κ2) is 7.87. The van der Waals surface area contributed by atoms with Crippen molar-refractivity contribution < 1.29 is 14.6 Å². The van der Waals surface area contributed by atoms with Crippen LogP contribution in [0.5, 0.6) is 5.75 Å². The summed E-state index contributed by atoms with van der Waals surface area (Å²) >= 11 is 5.94. The molecule has 1 atom stereocenters. The number of ether oxygens (including phenoxy) is 1. The number of phenols is 1. The molecule has 132 valence electrons. The van der Waals surface area contributed by atoms with E-state index in [2.05, 4.69) is 10.2 Å². The average Bonchev–Trinajstić information content (AvgIpc) is 2.62. The lowest BCUT2D eigenvalue weighted by Gasteiger charge is -2.30. The van der Waals surface area contributed by atoms with E-state index in [0.29, 0.717) is 23.7 Å². The van der Waals surface area contributed by atoms with Crippen LogP contribution in [0.4, 0.5) is 0 Å². The number of morpholine rings is 1. The first-order valence-electron chi connectivity index (χ1n) is 8.20. The van der Waals surface area contributed by atoms with Crippen LogP contribution < -0.4 is 5.32 Å². The number of phenolic OH excluding ortho intramolecular Hbond substituents is 1. The van der Waals surface area contributed by atoms with Gasteiger partial charge in [0, 0.05) is 25.2 Å². The number of nitrogens with one attached hydrogen (secondary N) is 1. The van der Waals surface area contributed by atoms with E-state index in [9.17, 15) is 9.90 Å². The van der Waals surface area contributed by atoms with Crippen LogP contribution in [-0.2, 0) is 4.74 Å². The Morgan fingerprint density at radius 2 is 2.00 bits per heavy atom. The molecule has 0 bridgehead atoms. The molecular formula is C19H21ClN2O3. The van der Waals surface area contributed by atoms with Gasteiger partial charge in [0.15, 0.2) is 0 Å². The van der Waals surface area contributed by atoms with Crippen LogP contribution in [0.2, 0.25) is 5.02 Å². The van der Waals surface area contributed by atoms with Gasteiger partial charge in [-0.1, -0.05) is 29.8 Å². The first-order valence-corrected chi connectivity index (χ1v) is 8.58. The fraction of sp³-hybridized carbons (Fsp3) is 0.316. The van der Waals surface area contributed by atoms with E-state index in [4.69, 9.17) is 16.3 Å². The molecular weight excluding hydrogens is 340 g/mol. The Hall–Kier alpha value is -2.08. The van der Waals surface area contributed by atoms with E-state index >= 15 is 0 Å². The molecule has 1 heterocycles. The van der Waals surface area contributed by atoms with E-state index in [1.807, 2.05) is 19.2 Å². The van der Waals surface area contributed by atoms with E-state index < -0.39 is 0 Å². The fourth-order valence-corrected chi connectivity index (χ4v) is 2.98. The lowest BCUT2D eigenvalue weighted by molar-refractivity contribution is -0.0175. The Morgan fingerprint density at radius 1 is 1.28 bits per heavy atom. The summed E-state index contributed by atoms with van der Waals surface area (Å²) in [5.41, 5.74) is 2.40. The molecule has 0 aliphatic carbocycles. The van der Waals surface area contributed by atoms with Crippen molar-refractivity contribution in [1.29, 1.82) is 0 Å². The van der Waals surface area contributed by atoms with E-state index in [0.717, 1.165) is 24.2 Å². The highest BCUT2D eigenvalue weighted by Crippen LogP contribution is 2.29. The number of carbonyl (C=O) groups excluding carboxylic acids is 1. The molecule has 0 aromatic heterocycles. The van der Waals surface area contributed by atoms with Gasteiger partial charge < -0.3 is 20.1 Å². The van der Waals surface area contributed by atoms with E-state index in [-0.39, 0.29) is 17.8 Å². The molecule has 1 saturated heterocycles. The zero-order valence-electron chi connectivity index (χ0n) is 14.0. The molecule has 1 fully saturated rings. The summed E-state index contributed by atoms with van der Waals surface area (Å²) in [6.45, 7) is 2.94. The molecule has 0 unspecified atom stereocenters. The second-order valence-electron chi connectivity index (χ2n) is 6.21. The molecule has 6 heteroatoms. The number of halogens is 1. The lowest BCUT2D eigenvalue weighted by Crippen LogP contribution is -2.45. The Balaban J connectivity index is 1.61. The minimum absolute atomic E-state index is 0.0288. The zero-order valence-corrected chi connectivity index (χ0v) is 14.8. The smallest absolute Gasteiger partial charge is 0.251 e. The summed E-state index contributed by atoms with van der Waals surface area (Å²) in [4.78, 5) is 14.5. The molecule has 1 aliphatic rings. The van der Waals surface area contributed by atoms with Gasteiger partial charge in [-0.3, -0.25) is 4.79 Å². The van der Waals surface area contributed by atoms with Crippen LogP contribution in [0.1, 0.15) is 10.4 Å². The van der Waals surface area contributed by atoms with Crippen molar-refractivity contribution in [3.63, 3.8) is 0 Å².